The number of hydrogen-bond donors (Lipinski definition) is 1. The third-order valence-electron chi connectivity index (χ3n) is 4.14. The number of halogens is 3. The van der Waals surface area contributed by atoms with Crippen molar-refractivity contribution in [1.82, 2.24) is 0 Å². The van der Waals surface area contributed by atoms with E-state index >= 15 is 0 Å². The van der Waals surface area contributed by atoms with Gasteiger partial charge in [-0.15, -0.1) is 0 Å². The van der Waals surface area contributed by atoms with E-state index in [9.17, 15) is 18.3 Å². The molecule has 0 radical (unpaired) electrons. The molecular weight excluding hydrogens is 265 g/mol. The van der Waals surface area contributed by atoms with Gasteiger partial charge >= 0.3 is 6.18 Å². The molecule has 114 valence electrons. The molecule has 1 nitrogen and oxygen atoms in total. The van der Waals surface area contributed by atoms with Crippen molar-refractivity contribution in [3.63, 3.8) is 0 Å². The fourth-order valence-electron chi connectivity index (χ4n) is 2.95. The standard InChI is InChI=1S/C16H23F3O/c1-4-11-15(6-3,14(20)5-2)12-7-9-13(10-8-12)16(17,18)19/h7-10,14,20H,4-6,11H2,1-3H3. The van der Waals surface area contributed by atoms with Crippen LogP contribution in [0.25, 0.3) is 0 Å². The van der Waals surface area contributed by atoms with Crippen molar-refractivity contribution in [1.29, 1.82) is 0 Å². The first-order valence-corrected chi connectivity index (χ1v) is 7.17. The molecule has 0 heterocycles. The van der Waals surface area contributed by atoms with Gasteiger partial charge in [-0.1, -0.05) is 39.3 Å². The molecule has 2 atom stereocenters. The summed E-state index contributed by atoms with van der Waals surface area (Å²) >= 11 is 0. The molecule has 4 heteroatoms. The molecule has 1 aromatic carbocycles. The highest BCUT2D eigenvalue weighted by Gasteiger charge is 2.37. The Hall–Kier alpha value is -1.03. The van der Waals surface area contributed by atoms with Crippen LogP contribution in [-0.2, 0) is 11.6 Å². The zero-order chi connectivity index (χ0) is 15.4. The van der Waals surface area contributed by atoms with Crippen molar-refractivity contribution in [2.45, 2.75) is 64.1 Å². The molecule has 0 aliphatic carbocycles. The monoisotopic (exact) mass is 288 g/mol. The van der Waals surface area contributed by atoms with E-state index in [4.69, 9.17) is 0 Å². The maximum atomic E-state index is 12.6. The first-order chi connectivity index (χ1) is 9.31. The summed E-state index contributed by atoms with van der Waals surface area (Å²) < 4.78 is 37.9. The molecule has 0 aliphatic heterocycles. The average molecular weight is 288 g/mol. The highest BCUT2D eigenvalue weighted by molar-refractivity contribution is 5.31. The molecule has 1 aromatic rings. The molecule has 0 fully saturated rings. The van der Waals surface area contributed by atoms with E-state index in [2.05, 4.69) is 0 Å². The van der Waals surface area contributed by atoms with Crippen LogP contribution in [0.1, 0.15) is 57.6 Å². The van der Waals surface area contributed by atoms with E-state index < -0.39 is 23.3 Å². The topological polar surface area (TPSA) is 20.2 Å². The Kier molecular flexibility index (Phi) is 5.63. The summed E-state index contributed by atoms with van der Waals surface area (Å²) in [7, 11) is 0. The normalized spacial score (nSPS) is 16.8. The van der Waals surface area contributed by atoms with Crippen LogP contribution in [0.5, 0.6) is 0 Å². The van der Waals surface area contributed by atoms with Gasteiger partial charge in [0, 0.05) is 5.41 Å². The van der Waals surface area contributed by atoms with Gasteiger partial charge in [0.15, 0.2) is 0 Å². The summed E-state index contributed by atoms with van der Waals surface area (Å²) in [4.78, 5) is 0. The van der Waals surface area contributed by atoms with Gasteiger partial charge in [-0.3, -0.25) is 0 Å². The highest BCUT2D eigenvalue weighted by atomic mass is 19.4. The molecule has 0 saturated carbocycles. The Morgan fingerprint density at radius 3 is 1.85 bits per heavy atom. The number of aliphatic hydroxyl groups excluding tert-OH is 1. The van der Waals surface area contributed by atoms with Crippen molar-refractivity contribution in [3.8, 4) is 0 Å². The summed E-state index contributed by atoms with van der Waals surface area (Å²) in [6.45, 7) is 5.90. The fraction of sp³-hybridized carbons (Fsp3) is 0.625. The first-order valence-electron chi connectivity index (χ1n) is 7.17. The Morgan fingerprint density at radius 1 is 1.00 bits per heavy atom. The van der Waals surface area contributed by atoms with Crippen LogP contribution in [0.15, 0.2) is 24.3 Å². The Labute approximate surface area is 118 Å². The number of hydrogen-bond acceptors (Lipinski definition) is 1. The largest absolute Gasteiger partial charge is 0.416 e. The van der Waals surface area contributed by atoms with Gasteiger partial charge < -0.3 is 5.11 Å². The van der Waals surface area contributed by atoms with Crippen molar-refractivity contribution >= 4 is 0 Å². The molecular formula is C16H23F3O. The molecule has 0 aromatic heterocycles. The predicted octanol–water partition coefficient (Wildman–Crippen LogP) is 4.92. The van der Waals surface area contributed by atoms with Gasteiger partial charge in [0.25, 0.3) is 0 Å². The molecule has 0 bridgehead atoms. The smallest absolute Gasteiger partial charge is 0.392 e. The zero-order valence-electron chi connectivity index (χ0n) is 12.3. The number of alkyl halides is 3. The van der Waals surface area contributed by atoms with E-state index in [1.807, 2.05) is 20.8 Å². The van der Waals surface area contributed by atoms with Crippen molar-refractivity contribution in [2.24, 2.45) is 0 Å². The van der Waals surface area contributed by atoms with Gasteiger partial charge in [-0.25, -0.2) is 0 Å². The van der Waals surface area contributed by atoms with Crippen molar-refractivity contribution in [3.05, 3.63) is 35.4 Å². The van der Waals surface area contributed by atoms with Crippen molar-refractivity contribution < 1.29 is 18.3 Å². The second-order valence-corrected chi connectivity index (χ2v) is 5.26. The lowest BCUT2D eigenvalue weighted by Crippen LogP contribution is -2.38. The Balaban J connectivity index is 3.21. The zero-order valence-corrected chi connectivity index (χ0v) is 12.3. The van der Waals surface area contributed by atoms with Gasteiger partial charge in [-0.2, -0.15) is 13.2 Å². The Morgan fingerprint density at radius 2 is 1.50 bits per heavy atom. The van der Waals surface area contributed by atoms with Crippen LogP contribution in [0, 0.1) is 0 Å². The second-order valence-electron chi connectivity index (χ2n) is 5.26. The molecule has 0 spiro atoms. The minimum atomic E-state index is -4.32. The quantitative estimate of drug-likeness (QED) is 0.787. The summed E-state index contributed by atoms with van der Waals surface area (Å²) in [5.41, 5.74) is -0.300. The summed E-state index contributed by atoms with van der Waals surface area (Å²) in [6, 6.07) is 5.25. The van der Waals surface area contributed by atoms with Crippen LogP contribution in [-0.4, -0.2) is 11.2 Å². The van der Waals surface area contributed by atoms with E-state index in [0.717, 1.165) is 30.5 Å². The predicted molar refractivity (Wildman–Crippen MR) is 74.6 cm³/mol. The lowest BCUT2D eigenvalue weighted by molar-refractivity contribution is -0.137. The summed E-state index contributed by atoms with van der Waals surface area (Å²) in [5, 5.41) is 10.4. The van der Waals surface area contributed by atoms with Gasteiger partial charge in [-0.05, 0) is 37.0 Å². The molecule has 0 aliphatic rings. The third kappa shape index (κ3) is 3.35. The molecule has 1 N–H and O–H groups in total. The first kappa shape index (κ1) is 17.0. The van der Waals surface area contributed by atoms with E-state index in [1.165, 1.54) is 12.1 Å². The average Bonchev–Trinajstić information content (AvgIpc) is 2.43. The summed E-state index contributed by atoms with van der Waals surface area (Å²) in [5.74, 6) is 0. The lowest BCUT2D eigenvalue weighted by Gasteiger charge is -2.38. The fourth-order valence-corrected chi connectivity index (χ4v) is 2.95. The Bertz CT molecular complexity index is 411. The number of benzene rings is 1. The van der Waals surface area contributed by atoms with Crippen LogP contribution < -0.4 is 0 Å². The van der Waals surface area contributed by atoms with E-state index in [1.54, 1.807) is 0 Å². The van der Waals surface area contributed by atoms with Crippen LogP contribution in [0.2, 0.25) is 0 Å². The molecule has 1 rings (SSSR count). The summed E-state index contributed by atoms with van der Waals surface area (Å²) in [6.07, 6.45) is -1.91. The van der Waals surface area contributed by atoms with Crippen LogP contribution >= 0.6 is 0 Å². The lowest BCUT2D eigenvalue weighted by atomic mass is 9.69. The van der Waals surface area contributed by atoms with Crippen molar-refractivity contribution in [2.75, 3.05) is 0 Å². The molecule has 0 saturated heterocycles. The van der Waals surface area contributed by atoms with E-state index in [-0.39, 0.29) is 0 Å². The molecule has 20 heavy (non-hydrogen) atoms. The minimum absolute atomic E-state index is 0.451. The maximum absolute atomic E-state index is 12.6. The van der Waals surface area contributed by atoms with Gasteiger partial charge in [0.2, 0.25) is 0 Å². The molecule has 0 amide bonds. The molecule has 2 unspecified atom stereocenters. The third-order valence-corrected chi connectivity index (χ3v) is 4.14. The highest BCUT2D eigenvalue weighted by Crippen LogP contribution is 2.39. The second kappa shape index (κ2) is 6.61. The maximum Gasteiger partial charge on any atom is 0.416 e. The van der Waals surface area contributed by atoms with Crippen LogP contribution in [0.4, 0.5) is 13.2 Å². The van der Waals surface area contributed by atoms with Gasteiger partial charge in [0.1, 0.15) is 0 Å². The van der Waals surface area contributed by atoms with E-state index in [0.29, 0.717) is 12.8 Å². The number of rotatable bonds is 6. The SMILES string of the molecule is CCCC(CC)(c1ccc(C(F)(F)F)cc1)C(O)CC. The van der Waals surface area contributed by atoms with Gasteiger partial charge in [0.05, 0.1) is 11.7 Å². The minimum Gasteiger partial charge on any atom is -0.392 e. The van der Waals surface area contributed by atoms with Crippen LogP contribution in [0.3, 0.4) is 0 Å². The number of aliphatic hydroxyl groups is 1.